The average Bonchev–Trinajstić information content (AvgIpc) is 2.91. The highest BCUT2D eigenvalue weighted by molar-refractivity contribution is 6.74. The Morgan fingerprint density at radius 2 is 1.46 bits per heavy atom. The summed E-state index contributed by atoms with van der Waals surface area (Å²) in [7, 11) is -5.30. The topological polar surface area (TPSA) is 115 Å². The van der Waals surface area contributed by atoms with Crippen LogP contribution in [0.3, 0.4) is 0 Å². The van der Waals surface area contributed by atoms with Crippen LogP contribution in [-0.2, 0) is 23.2 Å². The van der Waals surface area contributed by atoms with Gasteiger partial charge in [-0.15, -0.1) is 0 Å². The summed E-state index contributed by atoms with van der Waals surface area (Å²) in [6.45, 7) is 30.0. The lowest BCUT2D eigenvalue weighted by atomic mass is 9.87. The van der Waals surface area contributed by atoms with Crippen molar-refractivity contribution in [3.63, 3.8) is 0 Å². The van der Waals surface area contributed by atoms with Gasteiger partial charge in [-0.2, -0.15) is 13.2 Å². The number of esters is 1. The zero-order valence-corrected chi connectivity index (χ0v) is 34.8. The van der Waals surface area contributed by atoms with E-state index in [1.807, 2.05) is 40.8 Å². The van der Waals surface area contributed by atoms with Gasteiger partial charge in [-0.3, -0.25) is 4.79 Å². The largest absolute Gasteiger partial charge is 0.477 e. The lowest BCUT2D eigenvalue weighted by molar-refractivity contribution is -0.197. The van der Waals surface area contributed by atoms with Crippen LogP contribution < -0.4 is 0 Å². The van der Waals surface area contributed by atoms with E-state index >= 15 is 0 Å². The number of carboxylic acids is 1. The lowest BCUT2D eigenvalue weighted by Crippen LogP contribution is -2.60. The van der Waals surface area contributed by atoms with Crippen LogP contribution >= 0.6 is 0 Å². The summed E-state index contributed by atoms with van der Waals surface area (Å²) in [4.78, 5) is 45.0. The molecule has 0 bridgehead atoms. The molecule has 0 radical (unpaired) electrons. The number of alkyl halides is 3. The van der Waals surface area contributed by atoms with E-state index in [1.165, 1.54) is 12.1 Å². The molecule has 1 heterocycles. The number of pyridine rings is 1. The molecule has 284 valence electrons. The molecule has 1 aromatic rings. The number of carbonyl (C=O) groups excluding carboxylic acids is 2. The van der Waals surface area contributed by atoms with E-state index in [1.54, 1.807) is 40.7 Å². The summed E-state index contributed by atoms with van der Waals surface area (Å²) in [5.41, 5.74) is -0.417. The van der Waals surface area contributed by atoms with E-state index < -0.39 is 81.5 Å². The van der Waals surface area contributed by atoms with Crippen molar-refractivity contribution in [3.05, 3.63) is 34.7 Å². The maximum Gasteiger partial charge on any atom is 0.471 e. The lowest BCUT2D eigenvalue weighted by Gasteiger charge is -2.47. The van der Waals surface area contributed by atoms with E-state index in [-0.39, 0.29) is 22.8 Å². The molecule has 1 N–H and O–H groups in total. The fraction of sp³-hybridized carbons (Fsp3) is 0.722. The number of ether oxygens (including phenoxy) is 1. The minimum Gasteiger partial charge on any atom is -0.477 e. The Labute approximate surface area is 298 Å². The SMILES string of the molecule is CC[C@H](C)[C@@H](C(=O)OC(C)(C)C)N(C(=O)C(F)(F)F)[C@@H]1C=Cc2c([C@H](C)O[Si](C)(C)C(C)(C)C)cc(C(=O)O)nc2[C@H]1O[Si](C)(C)C(C)(C)C. The predicted molar refractivity (Wildman–Crippen MR) is 194 cm³/mol. The number of halogens is 3. The number of carboxylic acid groups (broad SMARTS) is 1. The molecule has 1 aliphatic rings. The first-order valence-corrected chi connectivity index (χ1v) is 23.0. The van der Waals surface area contributed by atoms with Gasteiger partial charge in [0.2, 0.25) is 0 Å². The van der Waals surface area contributed by atoms with E-state index in [0.29, 0.717) is 16.0 Å². The number of fused-ring (bicyclic) bond motifs is 1. The average molecular weight is 745 g/mol. The molecular formula is C36H59F3N2O7Si2. The van der Waals surface area contributed by atoms with E-state index in [2.05, 4.69) is 38.8 Å². The van der Waals surface area contributed by atoms with Crippen LogP contribution in [0.5, 0.6) is 0 Å². The van der Waals surface area contributed by atoms with Crippen LogP contribution in [-0.4, -0.2) is 73.3 Å². The van der Waals surface area contributed by atoms with Gasteiger partial charge < -0.3 is 23.6 Å². The third-order valence-corrected chi connectivity index (χ3v) is 19.3. The van der Waals surface area contributed by atoms with E-state index in [0.717, 1.165) is 0 Å². The van der Waals surface area contributed by atoms with Gasteiger partial charge in [0.1, 0.15) is 23.4 Å². The molecule has 0 aromatic carbocycles. The molecule has 14 heteroatoms. The molecule has 1 aliphatic carbocycles. The fourth-order valence-corrected chi connectivity index (χ4v) is 7.84. The summed E-state index contributed by atoms with van der Waals surface area (Å²) < 4.78 is 63.1. The molecule has 2 rings (SSSR count). The summed E-state index contributed by atoms with van der Waals surface area (Å²) >= 11 is 0. The van der Waals surface area contributed by atoms with Crippen LogP contribution in [0.25, 0.3) is 6.08 Å². The second kappa shape index (κ2) is 14.8. The van der Waals surface area contributed by atoms with Crippen LogP contribution in [0.4, 0.5) is 13.2 Å². The normalized spacial score (nSPS) is 19.3. The Morgan fingerprint density at radius 1 is 0.940 bits per heavy atom. The maximum absolute atomic E-state index is 14.6. The molecule has 5 atom stereocenters. The molecule has 50 heavy (non-hydrogen) atoms. The molecule has 0 unspecified atom stereocenters. The summed E-state index contributed by atoms with van der Waals surface area (Å²) in [5.74, 6) is -5.33. The third kappa shape index (κ3) is 9.85. The van der Waals surface area contributed by atoms with Crippen molar-refractivity contribution in [3.8, 4) is 0 Å². The van der Waals surface area contributed by atoms with Crippen molar-refractivity contribution >= 4 is 40.6 Å². The molecule has 1 aromatic heterocycles. The standard InChI is InChI=1S/C36H59F3N2O7Si2/c1-17-21(2)28(31(44)46-33(4,5)6)41(32(45)36(37,38)39)26-19-18-23-24(22(3)47-49(13,14)34(7,8)9)20-25(30(42)43)40-27(23)29(26)48-50(15,16)35(10,11)12/h18-22,26,28-29H,17H2,1-16H3,(H,42,43)/t21-,22-,26+,28-,29-/m0/s1. The monoisotopic (exact) mass is 744 g/mol. The predicted octanol–water partition coefficient (Wildman–Crippen LogP) is 9.47. The zero-order valence-electron chi connectivity index (χ0n) is 32.8. The molecule has 9 nitrogen and oxygen atoms in total. The highest BCUT2D eigenvalue weighted by Crippen LogP contribution is 2.47. The van der Waals surface area contributed by atoms with Crippen molar-refractivity contribution in [2.24, 2.45) is 5.92 Å². The smallest absolute Gasteiger partial charge is 0.471 e. The number of carbonyl (C=O) groups is 3. The zero-order chi connectivity index (χ0) is 39.2. The number of hydrogen-bond acceptors (Lipinski definition) is 7. The third-order valence-electron chi connectivity index (χ3n) is 10.3. The number of rotatable bonds is 11. The Morgan fingerprint density at radius 3 is 1.88 bits per heavy atom. The van der Waals surface area contributed by atoms with Gasteiger partial charge in [-0.25, -0.2) is 14.6 Å². The number of aromatic nitrogens is 1. The van der Waals surface area contributed by atoms with E-state index in [9.17, 15) is 32.7 Å². The minimum atomic E-state index is -5.36. The van der Waals surface area contributed by atoms with Crippen LogP contribution in [0, 0.1) is 5.92 Å². The van der Waals surface area contributed by atoms with Gasteiger partial charge in [0.15, 0.2) is 16.6 Å². The quantitative estimate of drug-likeness (QED) is 0.176. The number of nitrogens with zero attached hydrogens (tertiary/aromatic N) is 2. The Balaban J connectivity index is 3.08. The van der Waals surface area contributed by atoms with Gasteiger partial charge in [-0.1, -0.05) is 74.0 Å². The number of aromatic carboxylic acids is 1. The van der Waals surface area contributed by atoms with Crippen molar-refractivity contribution in [2.45, 2.75) is 162 Å². The van der Waals surface area contributed by atoms with Crippen molar-refractivity contribution < 1.29 is 46.3 Å². The Hall–Kier alpha value is -2.56. The molecule has 0 spiro atoms. The van der Waals surface area contributed by atoms with Gasteiger partial charge in [0.05, 0.1) is 17.8 Å². The molecule has 0 fully saturated rings. The molecule has 0 saturated heterocycles. The van der Waals surface area contributed by atoms with Crippen molar-refractivity contribution in [1.29, 1.82) is 0 Å². The molecule has 0 saturated carbocycles. The molecule has 1 amide bonds. The van der Waals surface area contributed by atoms with Gasteiger partial charge >= 0.3 is 24.0 Å². The summed E-state index contributed by atoms with van der Waals surface area (Å²) in [6.07, 6.45) is -4.12. The second-order valence-electron chi connectivity index (χ2n) is 17.4. The van der Waals surface area contributed by atoms with Gasteiger partial charge in [0, 0.05) is 5.56 Å². The van der Waals surface area contributed by atoms with Gasteiger partial charge in [0.25, 0.3) is 0 Å². The first-order valence-electron chi connectivity index (χ1n) is 17.2. The second-order valence-corrected chi connectivity index (χ2v) is 27.0. The van der Waals surface area contributed by atoms with Crippen molar-refractivity contribution in [2.75, 3.05) is 0 Å². The fourth-order valence-electron chi connectivity index (χ4n) is 5.24. The highest BCUT2D eigenvalue weighted by atomic mass is 28.4. The molecule has 0 aliphatic heterocycles. The highest BCUT2D eigenvalue weighted by Gasteiger charge is 2.54. The molecular weight excluding hydrogens is 686 g/mol. The number of amides is 1. The van der Waals surface area contributed by atoms with Crippen LogP contribution in [0.15, 0.2) is 12.1 Å². The van der Waals surface area contributed by atoms with E-state index in [4.69, 9.17) is 13.6 Å². The van der Waals surface area contributed by atoms with Gasteiger partial charge in [-0.05, 0) is 81.5 Å². The first-order chi connectivity index (χ1) is 22.3. The maximum atomic E-state index is 14.6. The minimum absolute atomic E-state index is 0.0648. The number of hydrogen-bond donors (Lipinski definition) is 1. The van der Waals surface area contributed by atoms with Crippen molar-refractivity contribution in [1.82, 2.24) is 9.88 Å². The van der Waals surface area contributed by atoms with Crippen LogP contribution in [0.2, 0.25) is 36.3 Å². The summed E-state index contributed by atoms with van der Waals surface area (Å²) in [5, 5.41) is 9.60. The Kier molecular flexibility index (Phi) is 12.9. The Bertz CT molecular complexity index is 1460. The van der Waals surface area contributed by atoms with Crippen LogP contribution in [0.1, 0.15) is 129 Å². The first kappa shape index (κ1) is 43.6. The summed E-state index contributed by atoms with van der Waals surface area (Å²) in [6, 6.07) is -1.73.